The average Bonchev–Trinajstić information content (AvgIpc) is 3.20. The molecule has 0 radical (unpaired) electrons. The Balaban J connectivity index is 1.87. The van der Waals surface area contributed by atoms with Crippen LogP contribution in [0.4, 0.5) is 24.5 Å². The van der Waals surface area contributed by atoms with E-state index < -0.39 is 22.6 Å². The molecular weight excluding hydrogens is 391 g/mol. The van der Waals surface area contributed by atoms with Crippen molar-refractivity contribution < 1.29 is 22.9 Å². The summed E-state index contributed by atoms with van der Waals surface area (Å²) in [5.74, 6) is -0.725. The number of hydrogen-bond acceptors (Lipinski definition) is 5. The number of alkyl halides is 3. The van der Waals surface area contributed by atoms with Gasteiger partial charge in [-0.25, -0.2) is 9.67 Å². The lowest BCUT2D eigenvalue weighted by Crippen LogP contribution is -2.13. The fourth-order valence-corrected chi connectivity index (χ4v) is 2.43. The molecule has 29 heavy (non-hydrogen) atoms. The molecule has 0 unspecified atom stereocenters. The predicted octanol–water partition coefficient (Wildman–Crippen LogP) is 3.85. The van der Waals surface area contributed by atoms with E-state index in [0.717, 1.165) is 24.3 Å². The van der Waals surface area contributed by atoms with Gasteiger partial charge in [0.05, 0.1) is 21.9 Å². The van der Waals surface area contributed by atoms with Gasteiger partial charge < -0.3 is 5.32 Å². The van der Waals surface area contributed by atoms with Gasteiger partial charge in [0.1, 0.15) is 12.7 Å². The molecule has 0 fully saturated rings. The normalized spacial score (nSPS) is 11.6. The summed E-state index contributed by atoms with van der Waals surface area (Å²) in [5, 5.41) is 17.0. The molecule has 3 rings (SSSR count). The lowest BCUT2D eigenvalue weighted by Gasteiger charge is -2.13. The first kappa shape index (κ1) is 19.7. The first-order chi connectivity index (χ1) is 13.7. The summed E-state index contributed by atoms with van der Waals surface area (Å²) >= 11 is 0. The molecule has 0 aliphatic heterocycles. The Morgan fingerprint density at radius 2 is 2.00 bits per heavy atom. The smallest absolute Gasteiger partial charge is 0.321 e. The summed E-state index contributed by atoms with van der Waals surface area (Å²) < 4.78 is 40.3. The molecule has 1 heterocycles. The monoisotopic (exact) mass is 403 g/mol. The highest BCUT2D eigenvalue weighted by molar-refractivity contribution is 6.03. The third-order valence-electron chi connectivity index (χ3n) is 3.76. The van der Waals surface area contributed by atoms with Gasteiger partial charge >= 0.3 is 6.18 Å². The summed E-state index contributed by atoms with van der Waals surface area (Å²) in [6.45, 7) is 0. The van der Waals surface area contributed by atoms with Gasteiger partial charge in [-0.1, -0.05) is 12.1 Å². The molecule has 8 nitrogen and oxygen atoms in total. The van der Waals surface area contributed by atoms with Crippen LogP contribution in [0.2, 0.25) is 0 Å². The molecular formula is C18H12F3N5O3. The minimum atomic E-state index is -4.60. The Hall–Kier alpha value is -4.02. The number of nitrogens with zero attached hydrogens (tertiary/aromatic N) is 4. The van der Waals surface area contributed by atoms with Crippen LogP contribution in [0.15, 0.2) is 61.2 Å². The van der Waals surface area contributed by atoms with E-state index in [4.69, 9.17) is 0 Å². The zero-order valence-electron chi connectivity index (χ0n) is 14.5. The lowest BCUT2D eigenvalue weighted by molar-refractivity contribution is -0.384. The van der Waals surface area contributed by atoms with Crippen molar-refractivity contribution in [2.75, 3.05) is 5.32 Å². The van der Waals surface area contributed by atoms with E-state index in [1.54, 1.807) is 6.07 Å². The van der Waals surface area contributed by atoms with Gasteiger partial charge in [0.15, 0.2) is 0 Å². The van der Waals surface area contributed by atoms with Gasteiger partial charge in [-0.3, -0.25) is 14.9 Å². The van der Waals surface area contributed by atoms with Crippen molar-refractivity contribution in [3.8, 4) is 5.69 Å². The quantitative estimate of drug-likeness (QED) is 0.396. The number of halogens is 3. The van der Waals surface area contributed by atoms with Gasteiger partial charge in [-0.2, -0.15) is 18.3 Å². The molecule has 0 spiro atoms. The van der Waals surface area contributed by atoms with Crippen LogP contribution in [0.5, 0.6) is 0 Å². The second-order valence-corrected chi connectivity index (χ2v) is 5.74. The lowest BCUT2D eigenvalue weighted by atomic mass is 10.1. The highest BCUT2D eigenvalue weighted by Gasteiger charge is 2.31. The molecule has 1 N–H and O–H groups in total. The highest BCUT2D eigenvalue weighted by Crippen LogP contribution is 2.33. The number of amides is 1. The number of hydrogen-bond donors (Lipinski definition) is 1. The Labute approximate surface area is 161 Å². The number of nitrogens with one attached hydrogen (secondary N) is 1. The number of anilines is 1. The van der Waals surface area contributed by atoms with Crippen molar-refractivity contribution in [3.63, 3.8) is 0 Å². The van der Waals surface area contributed by atoms with E-state index in [1.807, 2.05) is 0 Å². The minimum Gasteiger partial charge on any atom is -0.321 e. The number of nitro groups is 1. The van der Waals surface area contributed by atoms with Gasteiger partial charge in [0.2, 0.25) is 5.91 Å². The Morgan fingerprint density at radius 1 is 1.21 bits per heavy atom. The Bertz CT molecular complexity index is 1080. The molecule has 0 aliphatic rings. The SMILES string of the molecule is O=C(/C=C/c1cccc([N+](=O)[O-])c1)Nc1cc(C(F)(F)F)ccc1-n1cncn1. The predicted molar refractivity (Wildman–Crippen MR) is 97.1 cm³/mol. The van der Waals surface area contributed by atoms with Crippen molar-refractivity contribution in [1.82, 2.24) is 14.8 Å². The van der Waals surface area contributed by atoms with Crippen LogP contribution in [-0.4, -0.2) is 25.6 Å². The summed E-state index contributed by atoms with van der Waals surface area (Å²) in [4.78, 5) is 26.2. The average molecular weight is 403 g/mol. The third-order valence-corrected chi connectivity index (χ3v) is 3.76. The van der Waals surface area contributed by atoms with Gasteiger partial charge in [0, 0.05) is 18.2 Å². The number of nitro benzene ring substituents is 1. The van der Waals surface area contributed by atoms with Crippen molar-refractivity contribution in [3.05, 3.63) is 82.4 Å². The van der Waals surface area contributed by atoms with Crippen molar-refractivity contribution in [1.29, 1.82) is 0 Å². The molecule has 3 aromatic rings. The number of aromatic nitrogens is 3. The zero-order valence-corrected chi connectivity index (χ0v) is 14.5. The van der Waals surface area contributed by atoms with E-state index >= 15 is 0 Å². The van der Waals surface area contributed by atoms with E-state index in [9.17, 15) is 28.1 Å². The van der Waals surface area contributed by atoms with Gasteiger partial charge in [-0.05, 0) is 29.8 Å². The number of carbonyl (C=O) groups excluding carboxylic acids is 1. The molecule has 1 amide bonds. The molecule has 0 saturated carbocycles. The maximum atomic E-state index is 13.0. The zero-order chi connectivity index (χ0) is 21.0. The van der Waals surface area contributed by atoms with Crippen LogP contribution < -0.4 is 5.32 Å². The van der Waals surface area contributed by atoms with E-state index in [-0.39, 0.29) is 17.1 Å². The van der Waals surface area contributed by atoms with E-state index in [0.29, 0.717) is 5.56 Å². The molecule has 0 atom stereocenters. The van der Waals surface area contributed by atoms with Crippen LogP contribution in [0.3, 0.4) is 0 Å². The maximum Gasteiger partial charge on any atom is 0.416 e. The van der Waals surface area contributed by atoms with Crippen molar-refractivity contribution >= 4 is 23.4 Å². The summed E-state index contributed by atoms with van der Waals surface area (Å²) in [7, 11) is 0. The summed E-state index contributed by atoms with van der Waals surface area (Å²) in [6, 6.07) is 8.37. The second-order valence-electron chi connectivity index (χ2n) is 5.74. The third kappa shape index (κ3) is 4.83. The van der Waals surface area contributed by atoms with Crippen LogP contribution in [0.25, 0.3) is 11.8 Å². The highest BCUT2D eigenvalue weighted by atomic mass is 19.4. The fraction of sp³-hybridized carbons (Fsp3) is 0.0556. The van der Waals surface area contributed by atoms with E-state index in [2.05, 4.69) is 15.4 Å². The molecule has 0 saturated heterocycles. The second kappa shape index (κ2) is 7.92. The number of benzene rings is 2. The molecule has 2 aromatic carbocycles. The molecule has 0 bridgehead atoms. The molecule has 0 aliphatic carbocycles. The van der Waals surface area contributed by atoms with Crippen LogP contribution in [0, 0.1) is 10.1 Å². The van der Waals surface area contributed by atoms with Crippen molar-refractivity contribution in [2.24, 2.45) is 0 Å². The molecule has 11 heteroatoms. The summed E-state index contributed by atoms with van der Waals surface area (Å²) in [6.07, 6.45) is 0.247. The minimum absolute atomic E-state index is 0.126. The number of non-ortho nitro benzene ring substituents is 1. The van der Waals surface area contributed by atoms with E-state index in [1.165, 1.54) is 41.6 Å². The largest absolute Gasteiger partial charge is 0.416 e. The maximum absolute atomic E-state index is 13.0. The topological polar surface area (TPSA) is 103 Å². The Morgan fingerprint density at radius 3 is 2.66 bits per heavy atom. The van der Waals surface area contributed by atoms with Crippen LogP contribution in [-0.2, 0) is 11.0 Å². The Kier molecular flexibility index (Phi) is 5.39. The standard InChI is InChI=1S/C18H12F3N5O3/c19-18(20,21)13-5-6-16(25-11-22-10-23-25)15(9-13)24-17(27)7-4-12-2-1-3-14(8-12)26(28)29/h1-11H,(H,24,27)/b7-4+. The first-order valence-electron chi connectivity index (χ1n) is 8.04. The fourth-order valence-electron chi connectivity index (χ4n) is 2.43. The number of rotatable bonds is 5. The molecule has 148 valence electrons. The number of carbonyl (C=O) groups is 1. The molecule has 1 aromatic heterocycles. The summed E-state index contributed by atoms with van der Waals surface area (Å²) in [5.41, 5.74) is -0.653. The van der Waals surface area contributed by atoms with Crippen LogP contribution in [0.1, 0.15) is 11.1 Å². The first-order valence-corrected chi connectivity index (χ1v) is 8.04. The van der Waals surface area contributed by atoms with Crippen LogP contribution >= 0.6 is 0 Å². The van der Waals surface area contributed by atoms with Gasteiger partial charge in [-0.15, -0.1) is 0 Å². The van der Waals surface area contributed by atoms with Crippen molar-refractivity contribution in [2.45, 2.75) is 6.18 Å². The van der Waals surface area contributed by atoms with Gasteiger partial charge in [0.25, 0.3) is 5.69 Å².